The quantitative estimate of drug-likeness (QED) is 0.821. The first kappa shape index (κ1) is 17.1. The summed E-state index contributed by atoms with van der Waals surface area (Å²) in [5, 5.41) is 2.71. The van der Waals surface area contributed by atoms with Crippen molar-refractivity contribution in [1.82, 2.24) is 0 Å². The molecule has 2 N–H and O–H groups in total. The third-order valence-corrected chi connectivity index (χ3v) is 5.07. The second kappa shape index (κ2) is 6.64. The Morgan fingerprint density at radius 2 is 1.84 bits per heavy atom. The fraction of sp³-hybridized carbons (Fsp3) is 0.235. The maximum absolute atomic E-state index is 12.4. The molecular formula is C17H18N2O5S. The summed E-state index contributed by atoms with van der Waals surface area (Å²) < 4.78 is 37.7. The summed E-state index contributed by atoms with van der Waals surface area (Å²) >= 11 is 0. The van der Waals surface area contributed by atoms with E-state index in [1.165, 1.54) is 14.2 Å². The molecule has 1 aliphatic heterocycles. The number of nitrogens with one attached hydrogen (secondary N) is 2. The summed E-state index contributed by atoms with van der Waals surface area (Å²) in [5.41, 5.74) is 2.49. The van der Waals surface area contributed by atoms with Crippen molar-refractivity contribution >= 4 is 27.3 Å². The van der Waals surface area contributed by atoms with Crippen molar-refractivity contribution in [3.05, 3.63) is 47.5 Å². The molecule has 132 valence electrons. The number of rotatable bonds is 6. The van der Waals surface area contributed by atoms with Crippen molar-refractivity contribution in [3.8, 4) is 11.5 Å². The topological polar surface area (TPSA) is 93.7 Å². The van der Waals surface area contributed by atoms with Crippen molar-refractivity contribution < 1.29 is 22.7 Å². The van der Waals surface area contributed by atoms with Gasteiger partial charge in [0.05, 0.1) is 26.4 Å². The van der Waals surface area contributed by atoms with Crippen LogP contribution < -0.4 is 19.5 Å². The SMILES string of the molecule is COc1ccc(CS(=O)(=O)Nc2ccc3c(c2)CC(=O)N3)cc1OC. The Hall–Kier alpha value is -2.74. The molecule has 25 heavy (non-hydrogen) atoms. The minimum Gasteiger partial charge on any atom is -0.493 e. The highest BCUT2D eigenvalue weighted by Crippen LogP contribution is 2.29. The van der Waals surface area contributed by atoms with Gasteiger partial charge in [0.25, 0.3) is 0 Å². The highest BCUT2D eigenvalue weighted by molar-refractivity contribution is 7.91. The van der Waals surface area contributed by atoms with E-state index in [9.17, 15) is 13.2 Å². The number of ether oxygens (including phenoxy) is 2. The molecule has 7 nitrogen and oxygen atoms in total. The van der Waals surface area contributed by atoms with E-state index < -0.39 is 10.0 Å². The van der Waals surface area contributed by atoms with Crippen LogP contribution in [0.4, 0.5) is 11.4 Å². The van der Waals surface area contributed by atoms with Crippen LogP contribution in [0.5, 0.6) is 11.5 Å². The third kappa shape index (κ3) is 3.85. The van der Waals surface area contributed by atoms with E-state index in [0.717, 1.165) is 5.56 Å². The van der Waals surface area contributed by atoms with E-state index in [4.69, 9.17) is 9.47 Å². The lowest BCUT2D eigenvalue weighted by atomic mass is 10.1. The number of methoxy groups -OCH3 is 2. The number of amides is 1. The monoisotopic (exact) mass is 362 g/mol. The molecule has 1 amide bonds. The van der Waals surface area contributed by atoms with Crippen LogP contribution in [0.25, 0.3) is 0 Å². The van der Waals surface area contributed by atoms with Crippen LogP contribution >= 0.6 is 0 Å². The van der Waals surface area contributed by atoms with Gasteiger partial charge in [-0.05, 0) is 41.5 Å². The Balaban J connectivity index is 1.77. The van der Waals surface area contributed by atoms with Gasteiger partial charge < -0.3 is 14.8 Å². The molecule has 1 heterocycles. The lowest BCUT2D eigenvalue weighted by molar-refractivity contribution is -0.115. The molecule has 0 atom stereocenters. The molecule has 0 bridgehead atoms. The second-order valence-corrected chi connectivity index (χ2v) is 7.37. The molecule has 0 spiro atoms. The number of sulfonamides is 1. The zero-order valence-electron chi connectivity index (χ0n) is 13.8. The number of carbonyl (C=O) groups excluding carboxylic acids is 1. The number of hydrogen-bond acceptors (Lipinski definition) is 5. The van der Waals surface area contributed by atoms with Gasteiger partial charge in [-0.25, -0.2) is 8.42 Å². The van der Waals surface area contributed by atoms with Crippen molar-refractivity contribution in [1.29, 1.82) is 0 Å². The molecule has 0 unspecified atom stereocenters. The van der Waals surface area contributed by atoms with E-state index in [1.54, 1.807) is 36.4 Å². The van der Waals surface area contributed by atoms with Gasteiger partial charge in [0.2, 0.25) is 15.9 Å². The number of hydrogen-bond donors (Lipinski definition) is 2. The summed E-state index contributed by atoms with van der Waals surface area (Å²) in [4.78, 5) is 11.4. The Morgan fingerprint density at radius 3 is 2.56 bits per heavy atom. The molecule has 0 saturated carbocycles. The van der Waals surface area contributed by atoms with E-state index >= 15 is 0 Å². The first-order valence-electron chi connectivity index (χ1n) is 7.54. The molecule has 8 heteroatoms. The molecule has 2 aromatic rings. The van der Waals surface area contributed by atoms with Gasteiger partial charge >= 0.3 is 0 Å². The first-order chi connectivity index (χ1) is 11.9. The number of benzene rings is 2. The van der Waals surface area contributed by atoms with E-state index in [-0.39, 0.29) is 18.1 Å². The highest BCUT2D eigenvalue weighted by Gasteiger charge is 2.19. The maximum Gasteiger partial charge on any atom is 0.236 e. The Labute approximate surface area is 146 Å². The summed E-state index contributed by atoms with van der Waals surface area (Å²) in [5.74, 6) is 0.701. The fourth-order valence-corrected chi connectivity index (χ4v) is 3.87. The van der Waals surface area contributed by atoms with Crippen molar-refractivity contribution in [3.63, 3.8) is 0 Å². The summed E-state index contributed by atoms with van der Waals surface area (Å²) in [6.45, 7) is 0. The van der Waals surface area contributed by atoms with Gasteiger partial charge in [0.1, 0.15) is 0 Å². The van der Waals surface area contributed by atoms with Crippen LogP contribution in [0.1, 0.15) is 11.1 Å². The van der Waals surface area contributed by atoms with Gasteiger partial charge in [-0.1, -0.05) is 6.07 Å². The van der Waals surface area contributed by atoms with E-state index in [1.807, 2.05) is 0 Å². The minimum absolute atomic E-state index is 0.0969. The predicted octanol–water partition coefficient (Wildman–Crippen LogP) is 2.14. The molecule has 2 aromatic carbocycles. The third-order valence-electron chi connectivity index (χ3n) is 3.81. The molecule has 0 aliphatic carbocycles. The van der Waals surface area contributed by atoms with Crippen LogP contribution in [0.15, 0.2) is 36.4 Å². The first-order valence-corrected chi connectivity index (χ1v) is 9.19. The predicted molar refractivity (Wildman–Crippen MR) is 94.6 cm³/mol. The molecule has 3 rings (SSSR count). The van der Waals surface area contributed by atoms with Crippen LogP contribution in [-0.4, -0.2) is 28.5 Å². The Kier molecular flexibility index (Phi) is 4.54. The van der Waals surface area contributed by atoms with Crippen LogP contribution in [0, 0.1) is 0 Å². The number of fused-ring (bicyclic) bond motifs is 1. The van der Waals surface area contributed by atoms with Crippen LogP contribution in [-0.2, 0) is 27.0 Å². The van der Waals surface area contributed by atoms with Crippen molar-refractivity contribution in [2.24, 2.45) is 0 Å². The standard InChI is InChI=1S/C17H18N2O5S/c1-23-15-6-3-11(7-16(15)24-2)10-25(21,22)19-13-4-5-14-12(8-13)9-17(20)18-14/h3-8,19H,9-10H2,1-2H3,(H,18,20). The smallest absolute Gasteiger partial charge is 0.236 e. The van der Waals surface area contributed by atoms with Crippen LogP contribution in [0.3, 0.4) is 0 Å². The number of anilines is 2. The van der Waals surface area contributed by atoms with E-state index in [2.05, 4.69) is 10.0 Å². The fourth-order valence-electron chi connectivity index (χ4n) is 2.70. The highest BCUT2D eigenvalue weighted by atomic mass is 32.2. The van der Waals surface area contributed by atoms with Crippen LogP contribution in [0.2, 0.25) is 0 Å². The largest absolute Gasteiger partial charge is 0.493 e. The zero-order chi connectivity index (χ0) is 18.0. The Morgan fingerprint density at radius 1 is 1.08 bits per heavy atom. The molecule has 0 aromatic heterocycles. The van der Waals surface area contributed by atoms with Gasteiger partial charge in [0.15, 0.2) is 11.5 Å². The molecule has 1 aliphatic rings. The molecular weight excluding hydrogens is 344 g/mol. The van der Waals surface area contributed by atoms with Crippen molar-refractivity contribution in [2.75, 3.05) is 24.3 Å². The average molecular weight is 362 g/mol. The normalized spacial score (nSPS) is 13.1. The summed E-state index contributed by atoms with van der Waals surface area (Å²) in [6, 6.07) is 9.94. The minimum atomic E-state index is -3.61. The maximum atomic E-state index is 12.4. The molecule has 0 fully saturated rings. The average Bonchev–Trinajstić information content (AvgIpc) is 2.93. The lowest BCUT2D eigenvalue weighted by Gasteiger charge is -2.12. The van der Waals surface area contributed by atoms with E-state index in [0.29, 0.717) is 28.4 Å². The van der Waals surface area contributed by atoms with Gasteiger partial charge in [-0.2, -0.15) is 0 Å². The van der Waals surface area contributed by atoms with Crippen molar-refractivity contribution in [2.45, 2.75) is 12.2 Å². The number of carbonyl (C=O) groups is 1. The summed E-state index contributed by atoms with van der Waals surface area (Å²) in [6.07, 6.45) is 0.251. The lowest BCUT2D eigenvalue weighted by Crippen LogP contribution is -2.15. The second-order valence-electron chi connectivity index (χ2n) is 5.65. The van der Waals surface area contributed by atoms with Gasteiger partial charge in [-0.3, -0.25) is 9.52 Å². The van der Waals surface area contributed by atoms with Gasteiger partial charge in [0, 0.05) is 11.4 Å². The Bertz CT molecular complexity index is 925. The zero-order valence-corrected chi connectivity index (χ0v) is 14.6. The molecule has 0 radical (unpaired) electrons. The summed E-state index contributed by atoms with van der Waals surface area (Å²) in [7, 11) is -0.603. The molecule has 0 saturated heterocycles. The van der Waals surface area contributed by atoms with Gasteiger partial charge in [-0.15, -0.1) is 0 Å².